The van der Waals surface area contributed by atoms with Gasteiger partial charge in [0.15, 0.2) is 0 Å². The summed E-state index contributed by atoms with van der Waals surface area (Å²) in [7, 11) is 1.76. The van der Waals surface area contributed by atoms with Gasteiger partial charge in [-0.15, -0.1) is 0 Å². The summed E-state index contributed by atoms with van der Waals surface area (Å²) >= 11 is 0. The van der Waals surface area contributed by atoms with Crippen LogP contribution in [-0.2, 0) is 17.9 Å². The number of amides is 1. The lowest BCUT2D eigenvalue weighted by Gasteiger charge is -2.20. The van der Waals surface area contributed by atoms with Crippen LogP contribution in [0.15, 0.2) is 53.5 Å². The summed E-state index contributed by atoms with van der Waals surface area (Å²) in [6, 6.07) is 13.5. The quantitative estimate of drug-likeness (QED) is 0.736. The second-order valence-corrected chi connectivity index (χ2v) is 6.35. The number of hydrogen-bond donors (Lipinski definition) is 0. The maximum Gasteiger partial charge on any atom is 0.269 e. The predicted molar refractivity (Wildman–Crippen MR) is 98.4 cm³/mol. The number of nitrogens with zero attached hydrogens (tertiary/aromatic N) is 3. The SMILES string of the molecule is Cc1ccc(CN(C)C(=O)Cn2c(=O)cnc3ccccc32)c(C)c1. The first-order valence-electron chi connectivity index (χ1n) is 8.20. The van der Waals surface area contributed by atoms with Gasteiger partial charge in [0.05, 0.1) is 17.2 Å². The third-order valence-corrected chi connectivity index (χ3v) is 4.38. The Balaban J connectivity index is 1.82. The van der Waals surface area contributed by atoms with Gasteiger partial charge in [0.1, 0.15) is 6.54 Å². The zero-order valence-corrected chi connectivity index (χ0v) is 14.7. The molecule has 0 atom stereocenters. The van der Waals surface area contributed by atoms with Crippen molar-refractivity contribution >= 4 is 16.9 Å². The van der Waals surface area contributed by atoms with E-state index in [2.05, 4.69) is 11.1 Å². The first kappa shape index (κ1) is 16.9. The third-order valence-electron chi connectivity index (χ3n) is 4.38. The summed E-state index contributed by atoms with van der Waals surface area (Å²) in [5.41, 5.74) is 4.56. The molecule has 25 heavy (non-hydrogen) atoms. The van der Waals surface area contributed by atoms with E-state index in [0.29, 0.717) is 17.6 Å². The number of carbonyl (C=O) groups excluding carboxylic acids is 1. The van der Waals surface area contributed by atoms with Crippen molar-refractivity contribution in [3.63, 3.8) is 0 Å². The predicted octanol–water partition coefficient (Wildman–Crippen LogP) is 2.67. The van der Waals surface area contributed by atoms with Crippen LogP contribution in [0.1, 0.15) is 16.7 Å². The number of fused-ring (bicyclic) bond motifs is 1. The normalized spacial score (nSPS) is 10.8. The number of carbonyl (C=O) groups is 1. The number of aryl methyl sites for hydroxylation is 2. The third kappa shape index (κ3) is 3.60. The lowest BCUT2D eigenvalue weighted by molar-refractivity contribution is -0.131. The van der Waals surface area contributed by atoms with E-state index >= 15 is 0 Å². The van der Waals surface area contributed by atoms with E-state index in [9.17, 15) is 9.59 Å². The molecule has 0 unspecified atom stereocenters. The highest BCUT2D eigenvalue weighted by Crippen LogP contribution is 2.13. The molecule has 0 aliphatic heterocycles. The molecule has 0 fully saturated rings. The highest BCUT2D eigenvalue weighted by Gasteiger charge is 2.14. The lowest BCUT2D eigenvalue weighted by atomic mass is 10.1. The monoisotopic (exact) mass is 335 g/mol. The van der Waals surface area contributed by atoms with Crippen molar-refractivity contribution in [2.45, 2.75) is 26.9 Å². The van der Waals surface area contributed by atoms with Crippen LogP contribution >= 0.6 is 0 Å². The van der Waals surface area contributed by atoms with Crippen LogP contribution in [0.3, 0.4) is 0 Å². The van der Waals surface area contributed by atoms with E-state index < -0.39 is 0 Å². The highest BCUT2D eigenvalue weighted by atomic mass is 16.2. The molecule has 2 aromatic carbocycles. The fourth-order valence-electron chi connectivity index (χ4n) is 2.90. The average molecular weight is 335 g/mol. The van der Waals surface area contributed by atoms with Crippen molar-refractivity contribution in [2.75, 3.05) is 7.05 Å². The molecule has 0 saturated heterocycles. The summed E-state index contributed by atoms with van der Waals surface area (Å²) in [6.45, 7) is 4.61. The van der Waals surface area contributed by atoms with Crippen molar-refractivity contribution < 1.29 is 4.79 Å². The minimum atomic E-state index is -0.271. The molecule has 0 spiro atoms. The van der Waals surface area contributed by atoms with Crippen LogP contribution in [0, 0.1) is 13.8 Å². The van der Waals surface area contributed by atoms with E-state index in [1.807, 2.05) is 44.2 Å². The first-order chi connectivity index (χ1) is 12.0. The van der Waals surface area contributed by atoms with Gasteiger partial charge in [-0.1, -0.05) is 35.9 Å². The number of hydrogen-bond acceptors (Lipinski definition) is 3. The molecule has 0 aliphatic rings. The zero-order chi connectivity index (χ0) is 18.0. The Labute approximate surface area is 146 Å². The van der Waals surface area contributed by atoms with E-state index in [4.69, 9.17) is 0 Å². The van der Waals surface area contributed by atoms with Crippen LogP contribution in [0.4, 0.5) is 0 Å². The molecule has 0 saturated carbocycles. The number of rotatable bonds is 4. The van der Waals surface area contributed by atoms with Crippen molar-refractivity contribution in [3.05, 3.63) is 75.7 Å². The van der Waals surface area contributed by atoms with E-state index in [-0.39, 0.29) is 18.0 Å². The van der Waals surface area contributed by atoms with Gasteiger partial charge in [0.2, 0.25) is 5.91 Å². The number of benzene rings is 2. The molecule has 128 valence electrons. The van der Waals surface area contributed by atoms with Crippen molar-refractivity contribution in [3.8, 4) is 0 Å². The van der Waals surface area contributed by atoms with Crippen molar-refractivity contribution in [1.82, 2.24) is 14.5 Å². The Hall–Kier alpha value is -2.95. The Morgan fingerprint density at radius 1 is 1.16 bits per heavy atom. The molecule has 1 amide bonds. The van der Waals surface area contributed by atoms with Gasteiger partial charge in [-0.05, 0) is 37.1 Å². The summed E-state index contributed by atoms with van der Waals surface area (Å²) in [5.74, 6) is -0.113. The highest BCUT2D eigenvalue weighted by molar-refractivity contribution is 5.79. The molecular formula is C20H21N3O2. The lowest BCUT2D eigenvalue weighted by Crippen LogP contribution is -2.34. The van der Waals surface area contributed by atoms with Crippen LogP contribution in [-0.4, -0.2) is 27.4 Å². The second-order valence-electron chi connectivity index (χ2n) is 6.35. The fourth-order valence-corrected chi connectivity index (χ4v) is 2.90. The number of aromatic nitrogens is 2. The molecule has 0 bridgehead atoms. The molecule has 0 N–H and O–H groups in total. The van der Waals surface area contributed by atoms with E-state index in [1.54, 1.807) is 18.0 Å². The van der Waals surface area contributed by atoms with Gasteiger partial charge in [0, 0.05) is 13.6 Å². The minimum absolute atomic E-state index is 0.00325. The fraction of sp³-hybridized carbons (Fsp3) is 0.250. The molecule has 5 nitrogen and oxygen atoms in total. The standard InChI is InChI=1S/C20H21N3O2/c1-14-8-9-16(15(2)10-14)12-22(3)20(25)13-23-18-7-5-4-6-17(18)21-11-19(23)24/h4-11H,12-13H2,1-3H3. The molecule has 3 rings (SSSR count). The summed E-state index contributed by atoms with van der Waals surface area (Å²) in [5, 5.41) is 0. The smallest absolute Gasteiger partial charge is 0.269 e. The maximum absolute atomic E-state index is 12.6. The Morgan fingerprint density at radius 3 is 2.68 bits per heavy atom. The van der Waals surface area contributed by atoms with Crippen LogP contribution in [0.5, 0.6) is 0 Å². The van der Waals surface area contributed by atoms with Crippen LogP contribution in [0.25, 0.3) is 11.0 Å². The zero-order valence-electron chi connectivity index (χ0n) is 14.7. The molecule has 5 heteroatoms. The first-order valence-corrected chi connectivity index (χ1v) is 8.20. The van der Waals surface area contributed by atoms with Crippen molar-refractivity contribution in [1.29, 1.82) is 0 Å². The van der Waals surface area contributed by atoms with Gasteiger partial charge in [-0.2, -0.15) is 0 Å². The Kier molecular flexibility index (Phi) is 4.65. The van der Waals surface area contributed by atoms with Gasteiger partial charge in [0.25, 0.3) is 5.56 Å². The summed E-state index contributed by atoms with van der Waals surface area (Å²) in [6.07, 6.45) is 1.26. The van der Waals surface area contributed by atoms with E-state index in [0.717, 1.165) is 11.1 Å². The Morgan fingerprint density at radius 2 is 1.92 bits per heavy atom. The molecule has 1 heterocycles. The van der Waals surface area contributed by atoms with Crippen LogP contribution < -0.4 is 5.56 Å². The van der Waals surface area contributed by atoms with Gasteiger partial charge in [-0.25, -0.2) is 4.98 Å². The summed E-state index contributed by atoms with van der Waals surface area (Å²) in [4.78, 5) is 30.6. The number of para-hydroxylation sites is 2. The van der Waals surface area contributed by atoms with Crippen LogP contribution in [0.2, 0.25) is 0 Å². The molecular weight excluding hydrogens is 314 g/mol. The van der Waals surface area contributed by atoms with Gasteiger partial charge >= 0.3 is 0 Å². The molecule has 3 aromatic rings. The summed E-state index contributed by atoms with van der Waals surface area (Å²) < 4.78 is 1.48. The minimum Gasteiger partial charge on any atom is -0.340 e. The van der Waals surface area contributed by atoms with Gasteiger partial charge < -0.3 is 4.90 Å². The second kappa shape index (κ2) is 6.89. The topological polar surface area (TPSA) is 55.2 Å². The largest absolute Gasteiger partial charge is 0.340 e. The average Bonchev–Trinajstić information content (AvgIpc) is 2.59. The molecule has 0 radical (unpaired) electrons. The molecule has 0 aliphatic carbocycles. The maximum atomic E-state index is 12.6. The number of likely N-dealkylation sites (N-methyl/N-ethyl adjacent to an activating group) is 1. The van der Waals surface area contributed by atoms with Crippen molar-refractivity contribution in [2.24, 2.45) is 0 Å². The van der Waals surface area contributed by atoms with E-state index in [1.165, 1.54) is 16.3 Å². The Bertz CT molecular complexity index is 992. The molecule has 1 aromatic heterocycles. The van der Waals surface area contributed by atoms with Gasteiger partial charge in [-0.3, -0.25) is 14.2 Å².